The Bertz CT molecular complexity index is 2960. The lowest BCUT2D eigenvalue weighted by molar-refractivity contribution is -0.143. The number of benzene rings is 6. The highest BCUT2D eigenvalue weighted by Gasteiger charge is 2.31. The van der Waals surface area contributed by atoms with Crippen molar-refractivity contribution in [2.24, 2.45) is 11.5 Å². The smallest absolute Gasteiger partial charge is 0.343 e. The van der Waals surface area contributed by atoms with Gasteiger partial charge in [-0.05, 0) is 46.9 Å². The summed E-state index contributed by atoms with van der Waals surface area (Å²) in [6, 6.07) is 38.6. The Morgan fingerprint density at radius 2 is 0.851 bits per heavy atom. The fourth-order valence-corrected chi connectivity index (χ4v) is 8.45. The van der Waals surface area contributed by atoms with Crippen molar-refractivity contribution in [2.45, 2.75) is 39.8 Å². The fraction of sp³-hybridized carbons (Fsp3) is 0.192. The molecule has 0 spiro atoms. The lowest BCUT2D eigenvalue weighted by Crippen LogP contribution is -2.24. The third kappa shape index (κ3) is 9.72. The van der Waals surface area contributed by atoms with E-state index in [-0.39, 0.29) is 29.8 Å². The number of methoxy groups -OCH3 is 2. The van der Waals surface area contributed by atoms with E-state index in [0.717, 1.165) is 43.7 Å². The second kappa shape index (κ2) is 21.1. The van der Waals surface area contributed by atoms with Gasteiger partial charge in [-0.15, -0.1) is 0 Å². The van der Waals surface area contributed by atoms with Crippen LogP contribution in [0.5, 0.6) is 11.5 Å². The first-order chi connectivity index (χ1) is 31.9. The number of ketones is 2. The van der Waals surface area contributed by atoms with Gasteiger partial charge in [-0.2, -0.15) is 0 Å². The van der Waals surface area contributed by atoms with Gasteiger partial charge in [-0.1, -0.05) is 123 Å². The van der Waals surface area contributed by atoms with E-state index in [1.54, 1.807) is 12.1 Å². The molecule has 0 aliphatic rings. The monoisotopic (exact) mass is 906 g/mol. The largest absolute Gasteiger partial charge is 0.481 e. The molecule has 6 N–H and O–H groups in total. The number of amides is 2. The van der Waals surface area contributed by atoms with Gasteiger partial charge in [0.25, 0.3) is 23.4 Å². The first-order valence-corrected chi connectivity index (χ1v) is 21.2. The number of nitrogens with two attached hydrogens (primary N) is 2. The van der Waals surface area contributed by atoms with Crippen LogP contribution in [-0.4, -0.2) is 77.4 Å². The third-order valence-electron chi connectivity index (χ3n) is 11.3. The number of fused-ring (bicyclic) bond motifs is 6. The topological polar surface area (TPSA) is 233 Å². The summed E-state index contributed by atoms with van der Waals surface area (Å²) < 4.78 is 25.1. The third-order valence-corrected chi connectivity index (χ3v) is 11.3. The summed E-state index contributed by atoms with van der Waals surface area (Å²) >= 11 is 0. The van der Waals surface area contributed by atoms with Crippen LogP contribution in [0.1, 0.15) is 57.1 Å². The van der Waals surface area contributed by atoms with E-state index in [9.17, 15) is 28.8 Å². The second-order valence-electron chi connectivity index (χ2n) is 15.2. The minimum Gasteiger partial charge on any atom is -0.481 e. The number of ether oxygens (including phenoxy) is 4. The summed E-state index contributed by atoms with van der Waals surface area (Å²) in [4.78, 5) is 73.7. The Labute approximate surface area is 385 Å². The van der Waals surface area contributed by atoms with Gasteiger partial charge in [-0.3, -0.25) is 19.2 Å². The Morgan fingerprint density at radius 3 is 1.18 bits per heavy atom. The average molecular weight is 907 g/mol. The number of aromatic nitrogens is 2. The summed E-state index contributed by atoms with van der Waals surface area (Å²) in [5.74, 6) is -4.15. The van der Waals surface area contributed by atoms with Crippen LogP contribution >= 0.6 is 0 Å². The van der Waals surface area contributed by atoms with Crippen LogP contribution in [0.15, 0.2) is 121 Å². The zero-order chi connectivity index (χ0) is 47.1. The van der Waals surface area contributed by atoms with Crippen LogP contribution in [-0.2, 0) is 54.6 Å². The molecule has 2 heterocycles. The van der Waals surface area contributed by atoms with Crippen LogP contribution in [0, 0.1) is 0 Å². The highest BCUT2D eigenvalue weighted by molar-refractivity contribution is 6.46. The molecule has 0 unspecified atom stereocenters. The molecule has 2 amide bonds. The Kier molecular flexibility index (Phi) is 15.2. The minimum atomic E-state index is -1.05. The zero-order valence-corrected chi connectivity index (χ0v) is 37.4. The molecule has 6 aromatic carbocycles. The molecule has 67 heavy (non-hydrogen) atoms. The zero-order valence-electron chi connectivity index (χ0n) is 37.4. The van der Waals surface area contributed by atoms with E-state index >= 15 is 0 Å². The first kappa shape index (κ1) is 48.2. The van der Waals surface area contributed by atoms with Crippen molar-refractivity contribution in [3.63, 3.8) is 0 Å². The predicted molar refractivity (Wildman–Crippen MR) is 254 cm³/mol. The van der Waals surface area contributed by atoms with Gasteiger partial charge in [-0.25, -0.2) is 9.59 Å². The Hall–Kier alpha value is -8.30. The summed E-state index contributed by atoms with van der Waals surface area (Å²) in [5.41, 5.74) is 16.2. The summed E-state index contributed by atoms with van der Waals surface area (Å²) in [6.07, 6.45) is 0.973. The molecular formula is C52H50N4O11. The fourth-order valence-electron chi connectivity index (χ4n) is 8.45. The van der Waals surface area contributed by atoms with Crippen LogP contribution in [0.4, 0.5) is 0 Å². The maximum atomic E-state index is 13.1. The number of primary amides is 2. The van der Waals surface area contributed by atoms with Crippen LogP contribution in [0.2, 0.25) is 0 Å². The van der Waals surface area contributed by atoms with E-state index in [2.05, 4.69) is 0 Å². The van der Waals surface area contributed by atoms with E-state index in [1.165, 1.54) is 14.2 Å². The highest BCUT2D eigenvalue weighted by atomic mass is 16.6. The van der Waals surface area contributed by atoms with Gasteiger partial charge in [0, 0.05) is 35.2 Å². The van der Waals surface area contributed by atoms with Gasteiger partial charge in [0.1, 0.15) is 11.5 Å². The quantitative estimate of drug-likeness (QED) is 0.0613. The predicted octanol–water partition coefficient (Wildman–Crippen LogP) is 6.43. The first-order valence-electron chi connectivity index (χ1n) is 21.2. The minimum absolute atomic E-state index is 0. The SMILES string of the molecule is CCc1c(C(=O)C(N)=O)c2c(OCC(=O)OC)cc3ccccc3c2n1Cc1ccccc1.CCc1c(C(=O)C(N)=O)c2c(OCC(=O)OC)cc3ccccc3c2n1Cc1ccccc1.O. The van der Waals surface area contributed by atoms with Crippen molar-refractivity contribution in [1.29, 1.82) is 0 Å². The summed E-state index contributed by atoms with van der Waals surface area (Å²) in [6.45, 7) is 4.14. The lowest BCUT2D eigenvalue weighted by atomic mass is 10.0. The maximum absolute atomic E-state index is 13.1. The average Bonchev–Trinajstić information content (AvgIpc) is 3.85. The molecule has 0 fully saturated rings. The Morgan fingerprint density at radius 1 is 0.507 bits per heavy atom. The molecular weight excluding hydrogens is 857 g/mol. The van der Waals surface area contributed by atoms with Gasteiger partial charge in [0.2, 0.25) is 0 Å². The van der Waals surface area contributed by atoms with Crippen LogP contribution < -0.4 is 20.9 Å². The van der Waals surface area contributed by atoms with Crippen molar-refractivity contribution in [3.8, 4) is 11.5 Å². The number of carbonyl (C=O) groups excluding carboxylic acids is 6. The maximum Gasteiger partial charge on any atom is 0.343 e. The molecule has 15 heteroatoms. The highest BCUT2D eigenvalue weighted by Crippen LogP contribution is 2.42. The molecule has 0 bridgehead atoms. The summed E-state index contributed by atoms with van der Waals surface area (Å²) in [7, 11) is 2.55. The molecule has 2 aromatic heterocycles. The number of hydrogen-bond acceptors (Lipinski definition) is 10. The molecule has 0 saturated heterocycles. The summed E-state index contributed by atoms with van der Waals surface area (Å²) in [5, 5.41) is 4.47. The van der Waals surface area contributed by atoms with Crippen molar-refractivity contribution >= 4 is 78.7 Å². The second-order valence-corrected chi connectivity index (χ2v) is 15.2. The van der Waals surface area contributed by atoms with Crippen molar-refractivity contribution < 1.29 is 53.2 Å². The normalized spacial score (nSPS) is 10.8. The molecule has 0 atom stereocenters. The number of carbonyl (C=O) groups is 6. The van der Waals surface area contributed by atoms with E-state index in [1.807, 2.05) is 132 Å². The molecule has 344 valence electrons. The van der Waals surface area contributed by atoms with Crippen LogP contribution in [0.3, 0.4) is 0 Å². The molecule has 0 aliphatic heterocycles. The van der Waals surface area contributed by atoms with Crippen molar-refractivity contribution in [2.75, 3.05) is 27.4 Å². The van der Waals surface area contributed by atoms with Crippen molar-refractivity contribution in [3.05, 3.63) is 155 Å². The number of nitrogens with zero attached hydrogens (tertiary/aromatic N) is 2. The molecule has 15 nitrogen and oxygen atoms in total. The van der Waals surface area contributed by atoms with Gasteiger partial charge < -0.3 is 45.0 Å². The van der Waals surface area contributed by atoms with Crippen LogP contribution in [0.25, 0.3) is 43.4 Å². The number of hydrogen-bond donors (Lipinski definition) is 2. The molecule has 8 rings (SSSR count). The van der Waals surface area contributed by atoms with Gasteiger partial charge in [0.15, 0.2) is 13.2 Å². The molecule has 0 aliphatic carbocycles. The van der Waals surface area contributed by atoms with Gasteiger partial charge in [0.05, 0.1) is 47.2 Å². The number of rotatable bonds is 16. The van der Waals surface area contributed by atoms with Crippen molar-refractivity contribution in [1.82, 2.24) is 9.13 Å². The standard InChI is InChI=1S/2C26H24N2O5.H2O/c2*1-3-19-22(25(30)26(27)31)23-20(33-15-21(29)32-2)13-17-11-7-8-12-18(17)24(23)28(19)14-16-9-5-4-6-10-16;/h2*4-13H,3,14-15H2,1-2H3,(H2,27,31);1H2. The molecule has 0 saturated carbocycles. The number of esters is 2. The van der Waals surface area contributed by atoms with E-state index in [0.29, 0.717) is 59.6 Å². The van der Waals surface area contributed by atoms with Gasteiger partial charge >= 0.3 is 11.9 Å². The van der Waals surface area contributed by atoms with E-state index in [4.69, 9.17) is 30.4 Å². The lowest BCUT2D eigenvalue weighted by Gasteiger charge is -2.13. The molecule has 8 aromatic rings. The number of Topliss-reactive ketones (excluding diaryl/α,β-unsaturated/α-hetero) is 2. The van der Waals surface area contributed by atoms with E-state index < -0.39 is 35.3 Å². The Balaban J connectivity index is 0.000000218. The molecule has 0 radical (unpaired) electrons.